The van der Waals surface area contributed by atoms with Crippen LogP contribution in [0.1, 0.15) is 13.8 Å². The molecule has 0 fully saturated rings. The molecule has 0 unspecified atom stereocenters. The van der Waals surface area contributed by atoms with Crippen LogP contribution in [0.2, 0.25) is 0 Å². The monoisotopic (exact) mass is 166 g/mol. The Labute approximate surface area is 62.9 Å². The molecule has 11 heavy (non-hydrogen) atoms. The fourth-order valence-electron chi connectivity index (χ4n) is 0.186. The van der Waals surface area contributed by atoms with Gasteiger partial charge in [0.2, 0.25) is 0 Å². The smallest absolute Gasteiger partial charge is 0.448 e. The van der Waals surface area contributed by atoms with E-state index in [1.54, 1.807) is 0 Å². The zero-order valence-electron chi connectivity index (χ0n) is 6.14. The molecule has 0 rings (SSSR count). The van der Waals surface area contributed by atoms with E-state index in [9.17, 15) is 4.79 Å². The molecular formula is C5H10O6. The van der Waals surface area contributed by atoms with Crippen molar-refractivity contribution in [3.05, 3.63) is 0 Å². The summed E-state index contributed by atoms with van der Waals surface area (Å²) in [6.07, 6.45) is -3.44. The predicted octanol–water partition coefficient (Wildman–Crippen LogP) is -0.298. The quantitative estimate of drug-likeness (QED) is 0.302. The van der Waals surface area contributed by atoms with Crippen molar-refractivity contribution in [2.24, 2.45) is 0 Å². The molecule has 0 radical (unpaired) electrons. The first-order chi connectivity index (χ1) is 4.86. The van der Waals surface area contributed by atoms with Crippen LogP contribution in [0.15, 0.2) is 0 Å². The number of aliphatic hydroxyl groups excluding tert-OH is 1. The van der Waals surface area contributed by atoms with E-state index in [0.29, 0.717) is 0 Å². The lowest BCUT2D eigenvalue weighted by Crippen LogP contribution is -2.39. The molecular weight excluding hydrogens is 156 g/mol. The molecule has 6 nitrogen and oxygen atoms in total. The van der Waals surface area contributed by atoms with Gasteiger partial charge >= 0.3 is 6.16 Å². The normalized spacial score (nSPS) is 11.7. The first-order valence-electron chi connectivity index (χ1n) is 2.81. The first-order valence-corrected chi connectivity index (χ1v) is 2.81. The predicted molar refractivity (Wildman–Crippen MR) is 32.5 cm³/mol. The van der Waals surface area contributed by atoms with Gasteiger partial charge in [-0.15, -0.1) is 0 Å². The SMILES string of the molecule is CC(C)(OOC(=O)O)C(O)O. The number of carbonyl (C=O) groups is 1. The molecule has 0 saturated carbocycles. The molecule has 0 saturated heterocycles. The maximum Gasteiger partial charge on any atom is 0.537 e. The Balaban J connectivity index is 3.82. The van der Waals surface area contributed by atoms with Crippen LogP contribution in [-0.2, 0) is 9.78 Å². The van der Waals surface area contributed by atoms with Crippen molar-refractivity contribution in [1.82, 2.24) is 0 Å². The van der Waals surface area contributed by atoms with Crippen molar-refractivity contribution < 1.29 is 29.9 Å². The molecule has 0 aromatic rings. The van der Waals surface area contributed by atoms with Crippen molar-refractivity contribution in [2.45, 2.75) is 25.7 Å². The van der Waals surface area contributed by atoms with Gasteiger partial charge in [0, 0.05) is 0 Å². The molecule has 0 heterocycles. The second-order valence-electron chi connectivity index (χ2n) is 2.41. The first kappa shape index (κ1) is 10.2. The van der Waals surface area contributed by atoms with Crippen molar-refractivity contribution in [1.29, 1.82) is 0 Å². The lowest BCUT2D eigenvalue weighted by atomic mass is 10.1. The minimum absolute atomic E-state index is 1.26. The van der Waals surface area contributed by atoms with Crippen LogP contribution in [0.4, 0.5) is 4.79 Å². The van der Waals surface area contributed by atoms with Crippen LogP contribution < -0.4 is 0 Å². The molecule has 0 aromatic carbocycles. The molecule has 0 bridgehead atoms. The number of aliphatic hydroxyl groups is 2. The Morgan fingerprint density at radius 3 is 2.18 bits per heavy atom. The number of carboxylic acid groups (broad SMARTS) is 1. The summed E-state index contributed by atoms with van der Waals surface area (Å²) < 4.78 is 0. The average Bonchev–Trinajstić information content (AvgIpc) is 1.84. The fourth-order valence-corrected chi connectivity index (χ4v) is 0.186. The molecule has 0 amide bonds. The van der Waals surface area contributed by atoms with Crippen LogP contribution in [-0.4, -0.2) is 33.4 Å². The molecule has 3 N–H and O–H groups in total. The highest BCUT2D eigenvalue weighted by molar-refractivity contribution is 5.55. The Morgan fingerprint density at radius 1 is 1.45 bits per heavy atom. The molecule has 6 heteroatoms. The van der Waals surface area contributed by atoms with Gasteiger partial charge in [-0.1, -0.05) is 0 Å². The lowest BCUT2D eigenvalue weighted by molar-refractivity contribution is -0.357. The maximum absolute atomic E-state index is 9.76. The van der Waals surface area contributed by atoms with Crippen molar-refractivity contribution in [3.63, 3.8) is 0 Å². The second kappa shape index (κ2) is 3.51. The van der Waals surface area contributed by atoms with Gasteiger partial charge < -0.3 is 15.3 Å². The minimum Gasteiger partial charge on any atom is -0.448 e. The zero-order chi connectivity index (χ0) is 9.07. The molecule has 0 spiro atoms. The van der Waals surface area contributed by atoms with E-state index in [4.69, 9.17) is 15.3 Å². The van der Waals surface area contributed by atoms with Gasteiger partial charge in [0.05, 0.1) is 0 Å². The molecule has 0 atom stereocenters. The molecule has 0 aromatic heterocycles. The molecule has 0 aliphatic rings. The van der Waals surface area contributed by atoms with Crippen LogP contribution in [0.3, 0.4) is 0 Å². The van der Waals surface area contributed by atoms with Crippen molar-refractivity contribution >= 4 is 6.16 Å². The summed E-state index contributed by atoms with van der Waals surface area (Å²) >= 11 is 0. The number of hydrogen-bond donors (Lipinski definition) is 3. The Hall–Kier alpha value is -0.850. The van der Waals surface area contributed by atoms with Crippen LogP contribution in [0, 0.1) is 0 Å². The zero-order valence-corrected chi connectivity index (χ0v) is 6.14. The van der Waals surface area contributed by atoms with Crippen molar-refractivity contribution in [3.8, 4) is 0 Å². The summed E-state index contributed by atoms with van der Waals surface area (Å²) in [6, 6.07) is 0. The summed E-state index contributed by atoms with van der Waals surface area (Å²) in [5.41, 5.74) is -1.46. The largest absolute Gasteiger partial charge is 0.537 e. The highest BCUT2D eigenvalue weighted by atomic mass is 17.2. The van der Waals surface area contributed by atoms with E-state index in [-0.39, 0.29) is 0 Å². The fraction of sp³-hybridized carbons (Fsp3) is 0.800. The number of hydrogen-bond acceptors (Lipinski definition) is 5. The summed E-state index contributed by atoms with van der Waals surface area (Å²) in [6.45, 7) is 2.53. The second-order valence-corrected chi connectivity index (χ2v) is 2.41. The van der Waals surface area contributed by atoms with Crippen molar-refractivity contribution in [2.75, 3.05) is 0 Å². The molecule has 0 aliphatic carbocycles. The van der Waals surface area contributed by atoms with Crippen LogP contribution in [0.5, 0.6) is 0 Å². The summed E-state index contributed by atoms with van der Waals surface area (Å²) in [5, 5.41) is 25.0. The van der Waals surface area contributed by atoms with Gasteiger partial charge in [-0.05, 0) is 13.8 Å². The lowest BCUT2D eigenvalue weighted by Gasteiger charge is -2.23. The van der Waals surface area contributed by atoms with E-state index in [2.05, 4.69) is 9.78 Å². The van der Waals surface area contributed by atoms with Gasteiger partial charge in [0.15, 0.2) is 11.9 Å². The third kappa shape index (κ3) is 3.76. The number of rotatable bonds is 3. The standard InChI is InChI=1S/C5H10O6/c1-5(2,3(6)7)11-10-4(8)9/h3,6-7H,1-2H3,(H,8,9). The van der Waals surface area contributed by atoms with Gasteiger partial charge in [0.25, 0.3) is 0 Å². The van der Waals surface area contributed by atoms with Gasteiger partial charge in [-0.2, -0.15) is 4.89 Å². The van der Waals surface area contributed by atoms with Gasteiger partial charge in [0.1, 0.15) is 0 Å². The Bertz CT molecular complexity index is 140. The molecule has 66 valence electrons. The van der Waals surface area contributed by atoms with Crippen LogP contribution in [0.25, 0.3) is 0 Å². The third-order valence-electron chi connectivity index (χ3n) is 0.950. The highest BCUT2D eigenvalue weighted by Gasteiger charge is 2.30. The highest BCUT2D eigenvalue weighted by Crippen LogP contribution is 2.12. The van der Waals surface area contributed by atoms with Gasteiger partial charge in [-0.3, -0.25) is 4.89 Å². The topological polar surface area (TPSA) is 96.2 Å². The van der Waals surface area contributed by atoms with E-state index in [1.807, 2.05) is 0 Å². The Kier molecular flexibility index (Phi) is 3.24. The van der Waals surface area contributed by atoms with Gasteiger partial charge in [-0.25, -0.2) is 4.79 Å². The Morgan fingerprint density at radius 2 is 1.91 bits per heavy atom. The summed E-state index contributed by atoms with van der Waals surface area (Å²) in [5.74, 6) is 0. The summed E-state index contributed by atoms with van der Waals surface area (Å²) in [7, 11) is 0. The van der Waals surface area contributed by atoms with E-state index in [0.717, 1.165) is 0 Å². The van der Waals surface area contributed by atoms with E-state index >= 15 is 0 Å². The maximum atomic E-state index is 9.76. The van der Waals surface area contributed by atoms with E-state index in [1.165, 1.54) is 13.8 Å². The van der Waals surface area contributed by atoms with Crippen LogP contribution >= 0.6 is 0 Å². The average molecular weight is 166 g/mol. The summed E-state index contributed by atoms with van der Waals surface area (Å²) in [4.78, 5) is 17.6. The van der Waals surface area contributed by atoms with E-state index < -0.39 is 18.0 Å². The third-order valence-corrected chi connectivity index (χ3v) is 0.950. The minimum atomic E-state index is -1.80. The molecule has 0 aliphatic heterocycles.